The number of hydrazone groups is 1. The maximum atomic E-state index is 14.6. The zero-order valence-corrected chi connectivity index (χ0v) is 15.3. The first kappa shape index (κ1) is 16.7. The lowest BCUT2D eigenvalue weighted by atomic mass is 9.85. The molecule has 2 saturated heterocycles. The number of fused-ring (bicyclic) bond motifs is 5. The normalized spacial score (nSPS) is 31.8. The lowest BCUT2D eigenvalue weighted by Gasteiger charge is -2.19. The minimum Gasteiger partial charge on any atom is -0.369 e. The largest absolute Gasteiger partial charge is 0.369 e. The molecule has 0 radical (unpaired) electrons. The molecule has 2 aliphatic heterocycles. The van der Waals surface area contributed by atoms with Crippen LogP contribution in [0.4, 0.5) is 10.1 Å². The van der Waals surface area contributed by atoms with Crippen LogP contribution in [0.25, 0.3) is 0 Å². The number of halogens is 1. The van der Waals surface area contributed by atoms with Crippen LogP contribution in [0, 0.1) is 36.4 Å². The second-order valence-electron chi connectivity index (χ2n) is 8.09. The van der Waals surface area contributed by atoms with E-state index >= 15 is 0 Å². The lowest BCUT2D eigenvalue weighted by molar-refractivity contribution is -0.140. The maximum Gasteiger partial charge on any atom is 0.254 e. The van der Waals surface area contributed by atoms with Gasteiger partial charge in [-0.15, -0.1) is 0 Å². The van der Waals surface area contributed by atoms with Crippen LogP contribution in [0.3, 0.4) is 0 Å². The van der Waals surface area contributed by atoms with Crippen molar-refractivity contribution in [3.05, 3.63) is 41.2 Å². The number of aryl methyl sites for hydroxylation is 1. The van der Waals surface area contributed by atoms with Crippen molar-refractivity contribution in [3.8, 4) is 0 Å². The topological polar surface area (TPSA) is 53.0 Å². The molecule has 140 valence electrons. The smallest absolute Gasteiger partial charge is 0.254 e. The molecule has 0 unspecified atom stereocenters. The van der Waals surface area contributed by atoms with E-state index in [2.05, 4.69) is 22.2 Å². The highest BCUT2D eigenvalue weighted by atomic mass is 19.1. The molecule has 0 aromatic heterocycles. The highest BCUT2D eigenvalue weighted by Crippen LogP contribution is 2.52. The Bertz CT molecular complexity index is 858. The third kappa shape index (κ3) is 2.46. The average molecular weight is 367 g/mol. The highest BCUT2D eigenvalue weighted by Gasteiger charge is 2.59. The van der Waals surface area contributed by atoms with E-state index < -0.39 is 0 Å². The predicted molar refractivity (Wildman–Crippen MR) is 99.7 cm³/mol. The zero-order chi connectivity index (χ0) is 18.7. The van der Waals surface area contributed by atoms with Crippen LogP contribution in [0.1, 0.15) is 30.4 Å². The second-order valence-corrected chi connectivity index (χ2v) is 8.09. The molecule has 1 aromatic rings. The third-order valence-electron chi connectivity index (χ3n) is 6.54. The molecule has 5 nitrogen and oxygen atoms in total. The van der Waals surface area contributed by atoms with Gasteiger partial charge in [0.2, 0.25) is 0 Å². The molecule has 5 rings (SSSR count). The number of hydrogen-bond donors (Lipinski definition) is 0. The van der Waals surface area contributed by atoms with Gasteiger partial charge in [0, 0.05) is 18.7 Å². The molecular formula is C21H22FN3O2. The number of carbonyl (C=O) groups excluding carboxylic acids is 2. The van der Waals surface area contributed by atoms with Crippen LogP contribution in [0.5, 0.6) is 0 Å². The van der Waals surface area contributed by atoms with Crippen molar-refractivity contribution in [2.45, 2.75) is 26.2 Å². The van der Waals surface area contributed by atoms with Gasteiger partial charge in [0.05, 0.1) is 23.7 Å². The van der Waals surface area contributed by atoms with Gasteiger partial charge in [0.15, 0.2) is 0 Å². The van der Waals surface area contributed by atoms with Gasteiger partial charge in [-0.25, -0.2) is 4.39 Å². The van der Waals surface area contributed by atoms with Crippen LogP contribution >= 0.6 is 0 Å². The fourth-order valence-electron chi connectivity index (χ4n) is 5.14. The standard InChI is InChI=1S/C21H22FN3O2/c1-12-8-17(24-6-2-3-7-24)16(22)10-15(12)11-23-25-20(26)18-13-4-5-14(9-13)19(18)21(25)27/h4-5,8,10-11,13-14,18-19H,2-3,6-7,9H2,1H3/t13-,14-,18-,19+/m0/s1. The van der Waals surface area contributed by atoms with E-state index in [1.54, 1.807) is 0 Å². The van der Waals surface area contributed by atoms with E-state index in [-0.39, 0.29) is 41.3 Å². The summed E-state index contributed by atoms with van der Waals surface area (Å²) in [5.74, 6) is -0.928. The zero-order valence-electron chi connectivity index (χ0n) is 15.3. The summed E-state index contributed by atoms with van der Waals surface area (Å²) in [7, 11) is 0. The number of carbonyl (C=O) groups is 2. The van der Waals surface area contributed by atoms with Gasteiger partial charge in [-0.1, -0.05) is 12.2 Å². The van der Waals surface area contributed by atoms with E-state index in [4.69, 9.17) is 0 Å². The Morgan fingerprint density at radius 3 is 2.33 bits per heavy atom. The van der Waals surface area contributed by atoms with Crippen molar-refractivity contribution in [1.29, 1.82) is 0 Å². The molecule has 2 amide bonds. The van der Waals surface area contributed by atoms with Crippen molar-refractivity contribution in [2.24, 2.45) is 28.8 Å². The number of rotatable bonds is 3. The van der Waals surface area contributed by atoms with Crippen molar-refractivity contribution in [3.63, 3.8) is 0 Å². The fourth-order valence-corrected chi connectivity index (χ4v) is 5.14. The van der Waals surface area contributed by atoms with Gasteiger partial charge in [-0.2, -0.15) is 10.1 Å². The second kappa shape index (κ2) is 6.01. The molecule has 4 aliphatic rings. The summed E-state index contributed by atoms with van der Waals surface area (Å²) in [5.41, 5.74) is 2.09. The predicted octanol–water partition coefficient (Wildman–Crippen LogP) is 2.88. The summed E-state index contributed by atoms with van der Waals surface area (Å²) < 4.78 is 14.6. The number of anilines is 1. The van der Waals surface area contributed by atoms with E-state index in [1.807, 2.05) is 13.0 Å². The van der Waals surface area contributed by atoms with Crippen molar-refractivity contribution >= 4 is 23.7 Å². The van der Waals surface area contributed by atoms with Gasteiger partial charge in [-0.3, -0.25) is 9.59 Å². The third-order valence-corrected chi connectivity index (χ3v) is 6.54. The Hall–Kier alpha value is -2.50. The Morgan fingerprint density at radius 1 is 1.07 bits per heavy atom. The number of benzene rings is 1. The van der Waals surface area contributed by atoms with E-state index in [0.29, 0.717) is 11.3 Å². The molecular weight excluding hydrogens is 345 g/mol. The molecule has 1 saturated carbocycles. The van der Waals surface area contributed by atoms with Crippen molar-refractivity contribution in [2.75, 3.05) is 18.0 Å². The van der Waals surface area contributed by atoms with Crippen molar-refractivity contribution < 1.29 is 14.0 Å². The Kier molecular flexibility index (Phi) is 3.71. The first-order valence-electron chi connectivity index (χ1n) is 9.70. The van der Waals surface area contributed by atoms with Gasteiger partial charge in [0.1, 0.15) is 5.82 Å². The van der Waals surface area contributed by atoms with Crippen molar-refractivity contribution in [1.82, 2.24) is 5.01 Å². The molecule has 4 atom stereocenters. The summed E-state index contributed by atoms with van der Waals surface area (Å²) in [5, 5.41) is 5.17. The van der Waals surface area contributed by atoms with Gasteiger partial charge in [-0.05, 0) is 55.7 Å². The van der Waals surface area contributed by atoms with Crippen LogP contribution in [0.2, 0.25) is 0 Å². The number of nitrogens with zero attached hydrogens (tertiary/aromatic N) is 3. The Morgan fingerprint density at radius 2 is 1.70 bits per heavy atom. The average Bonchev–Trinajstić information content (AvgIpc) is 3.42. The molecule has 0 spiro atoms. The monoisotopic (exact) mass is 367 g/mol. The minimum absolute atomic E-state index is 0.163. The number of amides is 2. The highest BCUT2D eigenvalue weighted by molar-refractivity contribution is 6.06. The van der Waals surface area contributed by atoms with Crippen LogP contribution in [-0.4, -0.2) is 36.1 Å². The maximum absolute atomic E-state index is 14.6. The van der Waals surface area contributed by atoms with E-state index in [0.717, 1.165) is 42.9 Å². The van der Waals surface area contributed by atoms with Gasteiger partial charge < -0.3 is 4.90 Å². The summed E-state index contributed by atoms with van der Waals surface area (Å²) in [6, 6.07) is 3.28. The summed E-state index contributed by atoms with van der Waals surface area (Å²) in [6.45, 7) is 3.65. The van der Waals surface area contributed by atoms with Gasteiger partial charge >= 0.3 is 0 Å². The summed E-state index contributed by atoms with van der Waals surface area (Å²) in [4.78, 5) is 27.4. The van der Waals surface area contributed by atoms with Gasteiger partial charge in [0.25, 0.3) is 11.8 Å². The molecule has 2 heterocycles. The van der Waals surface area contributed by atoms with E-state index in [1.165, 1.54) is 12.3 Å². The molecule has 3 fully saturated rings. The number of allylic oxidation sites excluding steroid dienone is 2. The first-order valence-corrected chi connectivity index (χ1v) is 9.70. The number of hydrogen-bond acceptors (Lipinski definition) is 4. The Labute approximate surface area is 157 Å². The minimum atomic E-state index is -0.290. The molecule has 2 bridgehead atoms. The molecule has 2 aliphatic carbocycles. The molecule has 6 heteroatoms. The molecule has 27 heavy (non-hydrogen) atoms. The van der Waals surface area contributed by atoms with Crippen LogP contribution < -0.4 is 4.90 Å². The summed E-state index contributed by atoms with van der Waals surface area (Å²) in [6.07, 6.45) is 8.62. The summed E-state index contributed by atoms with van der Waals surface area (Å²) >= 11 is 0. The molecule has 0 N–H and O–H groups in total. The Balaban J connectivity index is 1.39. The fraction of sp³-hybridized carbons (Fsp3) is 0.476. The van der Waals surface area contributed by atoms with E-state index in [9.17, 15) is 14.0 Å². The quantitative estimate of drug-likeness (QED) is 0.469. The SMILES string of the molecule is Cc1cc(N2CCCC2)c(F)cc1C=NN1C(=O)[C@@H]2[C@H](C1=O)[C@H]1C=C[C@H]2C1. The number of imide groups is 1. The molecule has 1 aromatic carbocycles. The van der Waals surface area contributed by atoms with Crippen LogP contribution in [-0.2, 0) is 9.59 Å². The first-order chi connectivity index (χ1) is 13.0. The lowest BCUT2D eigenvalue weighted by Crippen LogP contribution is -2.28. The van der Waals surface area contributed by atoms with Crippen LogP contribution in [0.15, 0.2) is 29.4 Å².